The van der Waals surface area contributed by atoms with Gasteiger partial charge in [0.15, 0.2) is 0 Å². The zero-order valence-corrected chi connectivity index (χ0v) is 9.27. The summed E-state index contributed by atoms with van der Waals surface area (Å²) in [5.74, 6) is 0.0387. The van der Waals surface area contributed by atoms with Crippen LogP contribution in [-0.4, -0.2) is 26.4 Å². The van der Waals surface area contributed by atoms with Gasteiger partial charge in [0, 0.05) is 0 Å². The average Bonchev–Trinajstić information content (AvgIpc) is 2.23. The second kappa shape index (κ2) is 5.86. The second-order valence-electron chi connectivity index (χ2n) is 3.50. The molecule has 1 aromatic carbocycles. The molecule has 1 rings (SSSR count). The molecule has 2 nitrogen and oxygen atoms in total. The van der Waals surface area contributed by atoms with Gasteiger partial charge >= 0.3 is 6.18 Å². The van der Waals surface area contributed by atoms with Crippen molar-refractivity contribution in [3.8, 4) is 5.75 Å². The number of methoxy groups -OCH3 is 1. The summed E-state index contributed by atoms with van der Waals surface area (Å²) < 4.78 is 53.4. The summed E-state index contributed by atoms with van der Waals surface area (Å²) in [7, 11) is 1.43. The molecule has 0 unspecified atom stereocenters. The van der Waals surface area contributed by atoms with Gasteiger partial charge in [0.05, 0.1) is 13.7 Å². The first-order chi connectivity index (χ1) is 7.92. The quantitative estimate of drug-likeness (QED) is 0.641. The van der Waals surface area contributed by atoms with Gasteiger partial charge in [-0.15, -0.1) is 0 Å². The lowest BCUT2D eigenvalue weighted by Gasteiger charge is -2.10. The molecule has 0 amide bonds. The monoisotopic (exact) mass is 251 g/mol. The molecule has 17 heavy (non-hydrogen) atoms. The molecule has 0 radical (unpaired) electrons. The fourth-order valence-electron chi connectivity index (χ4n) is 1.40. The van der Waals surface area contributed by atoms with E-state index in [1.54, 1.807) is 0 Å². The van der Waals surface area contributed by atoms with Gasteiger partial charge < -0.3 is 10.1 Å². The summed E-state index contributed by atoms with van der Waals surface area (Å²) >= 11 is 0. The van der Waals surface area contributed by atoms with Gasteiger partial charge in [-0.3, -0.25) is 0 Å². The molecule has 96 valence electrons. The Balaban J connectivity index is 2.48. The van der Waals surface area contributed by atoms with Crippen LogP contribution in [0.3, 0.4) is 0 Å². The molecule has 1 N–H and O–H groups in total. The smallest absolute Gasteiger partial charge is 0.401 e. The molecule has 0 saturated carbocycles. The Kier molecular flexibility index (Phi) is 4.74. The first-order valence-corrected chi connectivity index (χ1v) is 5.02. The molecule has 0 aliphatic carbocycles. The van der Waals surface area contributed by atoms with E-state index < -0.39 is 18.5 Å². The highest BCUT2D eigenvalue weighted by Crippen LogP contribution is 2.19. The number of ether oxygens (including phenoxy) is 1. The Morgan fingerprint density at radius 3 is 2.59 bits per heavy atom. The number of halogens is 4. The van der Waals surface area contributed by atoms with Crippen molar-refractivity contribution in [2.24, 2.45) is 0 Å². The molecule has 0 heterocycles. The number of hydrogen-bond acceptors (Lipinski definition) is 2. The van der Waals surface area contributed by atoms with Gasteiger partial charge in [-0.1, -0.05) is 0 Å². The third kappa shape index (κ3) is 5.04. The van der Waals surface area contributed by atoms with Crippen molar-refractivity contribution >= 4 is 0 Å². The molecule has 1 aromatic rings. The van der Waals surface area contributed by atoms with Gasteiger partial charge in [0.25, 0.3) is 0 Å². The van der Waals surface area contributed by atoms with E-state index in [1.165, 1.54) is 25.3 Å². The Labute approximate surface area is 96.6 Å². The normalized spacial score (nSPS) is 11.6. The highest BCUT2D eigenvalue weighted by molar-refractivity contribution is 5.34. The zero-order chi connectivity index (χ0) is 12.9. The van der Waals surface area contributed by atoms with Crippen LogP contribution >= 0.6 is 0 Å². The van der Waals surface area contributed by atoms with E-state index in [2.05, 4.69) is 5.32 Å². The standard InChI is InChI=1S/C11H13F4NO/c1-17-10-3-2-9(12)6-8(10)4-5-16-7-11(13,14)15/h2-3,6,16H,4-5,7H2,1H3. The van der Waals surface area contributed by atoms with Crippen molar-refractivity contribution in [3.05, 3.63) is 29.6 Å². The van der Waals surface area contributed by atoms with E-state index in [0.29, 0.717) is 11.3 Å². The van der Waals surface area contributed by atoms with Crippen molar-refractivity contribution in [2.45, 2.75) is 12.6 Å². The van der Waals surface area contributed by atoms with Crippen LogP contribution in [-0.2, 0) is 6.42 Å². The first-order valence-electron chi connectivity index (χ1n) is 5.02. The van der Waals surface area contributed by atoms with Crippen LogP contribution in [0.4, 0.5) is 17.6 Å². The minimum absolute atomic E-state index is 0.110. The molecule has 0 saturated heterocycles. The molecule has 0 aliphatic rings. The fourth-order valence-corrected chi connectivity index (χ4v) is 1.40. The highest BCUT2D eigenvalue weighted by Gasteiger charge is 2.25. The maximum absolute atomic E-state index is 12.9. The van der Waals surface area contributed by atoms with Gasteiger partial charge in [-0.05, 0) is 36.7 Å². The van der Waals surface area contributed by atoms with Crippen molar-refractivity contribution in [3.63, 3.8) is 0 Å². The van der Waals surface area contributed by atoms with Gasteiger partial charge in [0.1, 0.15) is 11.6 Å². The molecule has 0 bridgehead atoms. The SMILES string of the molecule is COc1ccc(F)cc1CCNCC(F)(F)F. The van der Waals surface area contributed by atoms with E-state index in [4.69, 9.17) is 4.74 Å². The van der Waals surface area contributed by atoms with Crippen molar-refractivity contribution in [1.82, 2.24) is 5.32 Å². The largest absolute Gasteiger partial charge is 0.496 e. The second-order valence-corrected chi connectivity index (χ2v) is 3.50. The lowest BCUT2D eigenvalue weighted by molar-refractivity contribution is -0.124. The van der Waals surface area contributed by atoms with Gasteiger partial charge in [-0.25, -0.2) is 4.39 Å². The number of rotatable bonds is 5. The van der Waals surface area contributed by atoms with E-state index in [0.717, 1.165) is 0 Å². The Hall–Kier alpha value is -1.30. The summed E-state index contributed by atoms with van der Waals surface area (Å²) in [6.45, 7) is -0.941. The lowest BCUT2D eigenvalue weighted by atomic mass is 10.1. The molecule has 0 fully saturated rings. The van der Waals surface area contributed by atoms with Crippen molar-refractivity contribution < 1.29 is 22.3 Å². The van der Waals surface area contributed by atoms with Crippen molar-refractivity contribution in [2.75, 3.05) is 20.2 Å². The summed E-state index contributed by atoms with van der Waals surface area (Å²) in [6.07, 6.45) is -3.96. The van der Waals surface area contributed by atoms with Crippen LogP contribution in [0.25, 0.3) is 0 Å². The summed E-state index contributed by atoms with van der Waals surface area (Å²) in [5, 5.41) is 2.24. The van der Waals surface area contributed by atoms with Crippen LogP contribution in [0.1, 0.15) is 5.56 Å². The van der Waals surface area contributed by atoms with Crippen LogP contribution in [0.15, 0.2) is 18.2 Å². The number of nitrogens with one attached hydrogen (secondary N) is 1. The predicted molar refractivity (Wildman–Crippen MR) is 55.6 cm³/mol. The third-order valence-corrected chi connectivity index (χ3v) is 2.14. The number of hydrogen-bond donors (Lipinski definition) is 1. The Bertz CT molecular complexity index is 365. The van der Waals surface area contributed by atoms with E-state index in [1.807, 2.05) is 0 Å². The molecule has 0 atom stereocenters. The molecular weight excluding hydrogens is 238 g/mol. The van der Waals surface area contributed by atoms with E-state index in [-0.39, 0.29) is 13.0 Å². The van der Waals surface area contributed by atoms with Gasteiger partial charge in [-0.2, -0.15) is 13.2 Å². The lowest BCUT2D eigenvalue weighted by Crippen LogP contribution is -2.30. The maximum atomic E-state index is 12.9. The number of benzene rings is 1. The topological polar surface area (TPSA) is 21.3 Å². The summed E-state index contributed by atoms with van der Waals surface area (Å²) in [4.78, 5) is 0. The molecule has 6 heteroatoms. The minimum Gasteiger partial charge on any atom is -0.496 e. The molecule has 0 aromatic heterocycles. The van der Waals surface area contributed by atoms with E-state index in [9.17, 15) is 17.6 Å². The van der Waals surface area contributed by atoms with Crippen molar-refractivity contribution in [1.29, 1.82) is 0 Å². The fraction of sp³-hybridized carbons (Fsp3) is 0.455. The number of alkyl halides is 3. The van der Waals surface area contributed by atoms with Crippen LogP contribution < -0.4 is 10.1 Å². The highest BCUT2D eigenvalue weighted by atomic mass is 19.4. The predicted octanol–water partition coefficient (Wildman–Crippen LogP) is 2.53. The molecular formula is C11H13F4NO. The van der Waals surface area contributed by atoms with E-state index >= 15 is 0 Å². The van der Waals surface area contributed by atoms with Crippen LogP contribution in [0.2, 0.25) is 0 Å². The average molecular weight is 251 g/mol. The minimum atomic E-state index is -4.23. The first kappa shape index (κ1) is 13.8. The molecule has 0 spiro atoms. The molecule has 0 aliphatic heterocycles. The third-order valence-electron chi connectivity index (χ3n) is 2.14. The maximum Gasteiger partial charge on any atom is 0.401 e. The van der Waals surface area contributed by atoms with Crippen LogP contribution in [0, 0.1) is 5.82 Å². The van der Waals surface area contributed by atoms with Crippen LogP contribution in [0.5, 0.6) is 5.75 Å². The summed E-state index contributed by atoms with van der Waals surface area (Å²) in [5.41, 5.74) is 0.544. The Morgan fingerprint density at radius 1 is 1.29 bits per heavy atom. The summed E-state index contributed by atoms with van der Waals surface area (Å²) in [6, 6.07) is 3.95. The zero-order valence-electron chi connectivity index (χ0n) is 9.27. The Morgan fingerprint density at radius 2 is 2.00 bits per heavy atom. The van der Waals surface area contributed by atoms with Gasteiger partial charge in [0.2, 0.25) is 0 Å².